The van der Waals surface area contributed by atoms with E-state index < -0.39 is 5.54 Å². The molecule has 0 radical (unpaired) electrons. The van der Waals surface area contributed by atoms with Crippen LogP contribution < -0.4 is 11.1 Å². The van der Waals surface area contributed by atoms with Gasteiger partial charge in [-0.3, -0.25) is 15.0 Å². The summed E-state index contributed by atoms with van der Waals surface area (Å²) in [7, 11) is 0. The molecule has 20 heavy (non-hydrogen) atoms. The number of hydrogen-bond donors (Lipinski definition) is 2. The minimum atomic E-state index is -0.582. The van der Waals surface area contributed by atoms with E-state index in [1.165, 1.54) is 0 Å². The van der Waals surface area contributed by atoms with Crippen LogP contribution in [0.2, 0.25) is 0 Å². The molecule has 0 aromatic heterocycles. The fourth-order valence-electron chi connectivity index (χ4n) is 3.34. The summed E-state index contributed by atoms with van der Waals surface area (Å²) in [5.41, 5.74) is 5.05. The molecule has 1 unspecified atom stereocenters. The zero-order chi connectivity index (χ0) is 15.0. The molecule has 0 spiro atoms. The third-order valence-corrected chi connectivity index (χ3v) is 4.24. The minimum Gasteiger partial charge on any atom is -0.373 e. The van der Waals surface area contributed by atoms with E-state index in [0.717, 1.165) is 25.9 Å². The maximum absolute atomic E-state index is 12.2. The molecule has 0 aromatic rings. The van der Waals surface area contributed by atoms with Crippen molar-refractivity contribution in [1.82, 2.24) is 10.2 Å². The maximum Gasteiger partial charge on any atom is 0.239 e. The number of nitrogens with zero attached hydrogens (tertiary/aromatic N) is 1. The molecular formula is C15H29N3O2. The SMILES string of the molecule is CC(C)NC(CN1CCOC(C)(C)C1)(C(N)=O)C1CC1. The standard InChI is InChI=1S/C15H29N3O2/c1-11(2)17-15(13(16)19,12-5-6-12)10-18-7-8-20-14(3,4)9-18/h11-12,17H,5-10H2,1-4H3,(H2,16,19). The van der Waals surface area contributed by atoms with Gasteiger partial charge in [0.05, 0.1) is 12.2 Å². The average molecular weight is 283 g/mol. The van der Waals surface area contributed by atoms with Crippen LogP contribution in [0.1, 0.15) is 40.5 Å². The summed E-state index contributed by atoms with van der Waals surface area (Å²) in [5.74, 6) is 0.173. The molecular weight excluding hydrogens is 254 g/mol. The topological polar surface area (TPSA) is 67.6 Å². The smallest absolute Gasteiger partial charge is 0.239 e. The largest absolute Gasteiger partial charge is 0.373 e. The third kappa shape index (κ3) is 3.51. The number of morpholine rings is 1. The van der Waals surface area contributed by atoms with Gasteiger partial charge in [0.25, 0.3) is 0 Å². The van der Waals surface area contributed by atoms with E-state index >= 15 is 0 Å². The highest BCUT2D eigenvalue weighted by molar-refractivity contribution is 5.86. The predicted octanol–water partition coefficient (Wildman–Crippen LogP) is 0.729. The molecule has 1 heterocycles. The van der Waals surface area contributed by atoms with Crippen molar-refractivity contribution in [3.05, 3.63) is 0 Å². The van der Waals surface area contributed by atoms with Gasteiger partial charge >= 0.3 is 0 Å². The Labute approximate surface area is 122 Å². The van der Waals surface area contributed by atoms with Crippen molar-refractivity contribution < 1.29 is 9.53 Å². The lowest BCUT2D eigenvalue weighted by atomic mass is 9.89. The third-order valence-electron chi connectivity index (χ3n) is 4.24. The molecule has 2 aliphatic rings. The number of carbonyl (C=O) groups is 1. The van der Waals surface area contributed by atoms with E-state index in [9.17, 15) is 4.79 Å². The first-order valence-electron chi connectivity index (χ1n) is 7.69. The van der Waals surface area contributed by atoms with Crippen LogP contribution in [0.4, 0.5) is 0 Å². The molecule has 2 rings (SSSR count). The second kappa shape index (κ2) is 5.62. The first-order valence-corrected chi connectivity index (χ1v) is 7.69. The molecule has 1 amide bonds. The minimum absolute atomic E-state index is 0.150. The van der Waals surface area contributed by atoms with Gasteiger partial charge in [-0.15, -0.1) is 0 Å². The van der Waals surface area contributed by atoms with Crippen molar-refractivity contribution in [3.63, 3.8) is 0 Å². The number of ether oxygens (including phenoxy) is 1. The van der Waals surface area contributed by atoms with E-state index in [2.05, 4.69) is 37.9 Å². The number of carbonyl (C=O) groups excluding carboxylic acids is 1. The van der Waals surface area contributed by atoms with Crippen LogP contribution in [0, 0.1) is 5.92 Å². The number of amides is 1. The fourth-order valence-corrected chi connectivity index (χ4v) is 3.34. The first kappa shape index (κ1) is 15.7. The van der Waals surface area contributed by atoms with E-state index in [1.807, 2.05) is 0 Å². The van der Waals surface area contributed by atoms with Crippen LogP contribution in [0.25, 0.3) is 0 Å². The molecule has 5 heteroatoms. The summed E-state index contributed by atoms with van der Waals surface area (Å²) in [5, 5.41) is 3.47. The molecule has 1 saturated heterocycles. The lowest BCUT2D eigenvalue weighted by molar-refractivity contribution is -0.130. The van der Waals surface area contributed by atoms with Crippen molar-refractivity contribution in [3.8, 4) is 0 Å². The van der Waals surface area contributed by atoms with Gasteiger partial charge in [-0.05, 0) is 46.5 Å². The lowest BCUT2D eigenvalue weighted by Gasteiger charge is -2.44. The summed E-state index contributed by atoms with van der Waals surface area (Å²) < 4.78 is 5.75. The van der Waals surface area contributed by atoms with Crippen molar-refractivity contribution in [2.75, 3.05) is 26.2 Å². The summed E-state index contributed by atoms with van der Waals surface area (Å²) in [6.45, 7) is 11.5. The second-order valence-electron chi connectivity index (χ2n) is 7.23. The molecule has 5 nitrogen and oxygen atoms in total. The Morgan fingerprint density at radius 3 is 2.60 bits per heavy atom. The lowest BCUT2D eigenvalue weighted by Crippen LogP contribution is -2.66. The molecule has 1 aliphatic carbocycles. The molecule has 2 fully saturated rings. The van der Waals surface area contributed by atoms with Crippen LogP contribution in [0.5, 0.6) is 0 Å². The molecule has 116 valence electrons. The predicted molar refractivity (Wildman–Crippen MR) is 79.4 cm³/mol. The highest BCUT2D eigenvalue weighted by Gasteiger charge is 2.51. The molecule has 1 saturated carbocycles. The van der Waals surface area contributed by atoms with Gasteiger partial charge in [-0.2, -0.15) is 0 Å². The van der Waals surface area contributed by atoms with E-state index in [0.29, 0.717) is 19.1 Å². The summed E-state index contributed by atoms with van der Waals surface area (Å²) >= 11 is 0. The van der Waals surface area contributed by atoms with E-state index in [4.69, 9.17) is 10.5 Å². The van der Waals surface area contributed by atoms with E-state index in [-0.39, 0.29) is 17.6 Å². The van der Waals surface area contributed by atoms with Crippen molar-refractivity contribution >= 4 is 5.91 Å². The maximum atomic E-state index is 12.2. The van der Waals surface area contributed by atoms with Crippen LogP contribution in [0.3, 0.4) is 0 Å². The normalized spacial score (nSPS) is 26.4. The number of rotatable bonds is 6. The highest BCUT2D eigenvalue weighted by atomic mass is 16.5. The van der Waals surface area contributed by atoms with Crippen LogP contribution in [0.15, 0.2) is 0 Å². The summed E-state index contributed by atoms with van der Waals surface area (Å²) in [6.07, 6.45) is 2.19. The molecule has 1 atom stereocenters. The zero-order valence-corrected chi connectivity index (χ0v) is 13.2. The van der Waals surface area contributed by atoms with Gasteiger partial charge in [0.15, 0.2) is 0 Å². The number of nitrogens with one attached hydrogen (secondary N) is 1. The van der Waals surface area contributed by atoms with Gasteiger partial charge in [0.2, 0.25) is 5.91 Å². The molecule has 0 aromatic carbocycles. The Morgan fingerprint density at radius 2 is 2.15 bits per heavy atom. The number of hydrogen-bond acceptors (Lipinski definition) is 4. The monoisotopic (exact) mass is 283 g/mol. The average Bonchev–Trinajstić information content (AvgIpc) is 3.09. The fraction of sp³-hybridized carbons (Fsp3) is 0.933. The number of nitrogens with two attached hydrogens (primary N) is 1. The van der Waals surface area contributed by atoms with Gasteiger partial charge in [-0.25, -0.2) is 0 Å². The number of primary amides is 1. The Hall–Kier alpha value is -0.650. The second-order valence-corrected chi connectivity index (χ2v) is 7.23. The highest BCUT2D eigenvalue weighted by Crippen LogP contribution is 2.41. The van der Waals surface area contributed by atoms with Gasteiger partial charge in [0.1, 0.15) is 5.54 Å². The zero-order valence-electron chi connectivity index (χ0n) is 13.2. The molecule has 1 aliphatic heterocycles. The van der Waals surface area contributed by atoms with E-state index in [1.54, 1.807) is 0 Å². The summed E-state index contributed by atoms with van der Waals surface area (Å²) in [6, 6.07) is 0.247. The van der Waals surface area contributed by atoms with Crippen LogP contribution >= 0.6 is 0 Å². The van der Waals surface area contributed by atoms with Crippen LogP contribution in [-0.4, -0.2) is 54.2 Å². The van der Waals surface area contributed by atoms with Crippen molar-refractivity contribution in [1.29, 1.82) is 0 Å². The summed E-state index contributed by atoms with van der Waals surface area (Å²) in [4.78, 5) is 14.5. The quantitative estimate of drug-likeness (QED) is 0.754. The van der Waals surface area contributed by atoms with Crippen molar-refractivity contribution in [2.24, 2.45) is 11.7 Å². The first-order chi connectivity index (χ1) is 9.25. The Morgan fingerprint density at radius 1 is 1.50 bits per heavy atom. The Bertz CT molecular complexity index is 366. The van der Waals surface area contributed by atoms with Crippen LogP contribution in [-0.2, 0) is 9.53 Å². The van der Waals surface area contributed by atoms with Gasteiger partial charge in [-0.1, -0.05) is 0 Å². The van der Waals surface area contributed by atoms with Crippen molar-refractivity contribution in [2.45, 2.75) is 57.7 Å². The van der Waals surface area contributed by atoms with Gasteiger partial charge < -0.3 is 10.5 Å². The van der Waals surface area contributed by atoms with Gasteiger partial charge in [0, 0.05) is 25.7 Å². The molecule has 0 bridgehead atoms. The Balaban J connectivity index is 2.12. The molecule has 3 N–H and O–H groups in total. The Kier molecular flexibility index (Phi) is 4.42.